The van der Waals surface area contributed by atoms with Crippen LogP contribution in [0.4, 0.5) is 0 Å². The summed E-state index contributed by atoms with van der Waals surface area (Å²) in [4.78, 5) is 32.3. The van der Waals surface area contributed by atoms with Crippen molar-refractivity contribution in [3.05, 3.63) is 57.3 Å². The predicted octanol–water partition coefficient (Wildman–Crippen LogP) is 2.83. The molecule has 1 aromatic heterocycles. The van der Waals surface area contributed by atoms with Crippen molar-refractivity contribution in [1.82, 2.24) is 14.1 Å². The van der Waals surface area contributed by atoms with Crippen LogP contribution >= 0.6 is 23.1 Å². The molecule has 1 fully saturated rings. The lowest BCUT2D eigenvalue weighted by molar-refractivity contribution is 0.0297. The Labute approximate surface area is 210 Å². The summed E-state index contributed by atoms with van der Waals surface area (Å²) in [6.07, 6.45) is 0. The molecule has 0 spiro atoms. The third kappa shape index (κ3) is 5.31. The molecule has 184 valence electrons. The van der Waals surface area contributed by atoms with Gasteiger partial charge in [-0.25, -0.2) is 0 Å². The number of morpholine rings is 1. The van der Waals surface area contributed by atoms with Crippen LogP contribution in [0, 0.1) is 0 Å². The number of hydrogen-bond acceptors (Lipinski definition) is 8. The Morgan fingerprint density at radius 3 is 2.23 bits per heavy atom. The Bertz CT molecular complexity index is 1270. The normalized spacial score (nSPS) is 14.1. The Morgan fingerprint density at radius 2 is 1.66 bits per heavy atom. The van der Waals surface area contributed by atoms with Crippen molar-refractivity contribution in [2.75, 3.05) is 47.6 Å². The minimum Gasteiger partial charge on any atom is -0.493 e. The number of halogens is 1. The lowest BCUT2D eigenvalue weighted by atomic mass is 10.1. The quantitative estimate of drug-likeness (QED) is 0.494. The van der Waals surface area contributed by atoms with Crippen LogP contribution in [-0.2, 0) is 4.74 Å². The second kappa shape index (κ2) is 10.9. The molecule has 4 rings (SSSR count). The van der Waals surface area contributed by atoms with Crippen molar-refractivity contribution in [2.45, 2.75) is 0 Å². The van der Waals surface area contributed by atoms with Crippen LogP contribution in [0.5, 0.6) is 17.2 Å². The van der Waals surface area contributed by atoms with Gasteiger partial charge in [-0.15, -0.1) is 5.10 Å². The van der Waals surface area contributed by atoms with Gasteiger partial charge in [0, 0.05) is 23.7 Å². The maximum Gasteiger partial charge on any atom is 0.278 e. The molecule has 1 saturated heterocycles. The number of nitrogens with zero attached hydrogens (tertiary/aromatic N) is 4. The highest BCUT2D eigenvalue weighted by Crippen LogP contribution is 2.38. The van der Waals surface area contributed by atoms with Gasteiger partial charge in [0.2, 0.25) is 5.75 Å². The fraction of sp³-hybridized carbons (Fsp3) is 0.304. The molecule has 3 aromatic rings. The number of hydrogen-bond donors (Lipinski definition) is 0. The molecule has 35 heavy (non-hydrogen) atoms. The van der Waals surface area contributed by atoms with E-state index in [4.69, 9.17) is 30.5 Å². The van der Waals surface area contributed by atoms with Gasteiger partial charge in [-0.3, -0.25) is 9.59 Å². The van der Waals surface area contributed by atoms with Gasteiger partial charge in [-0.2, -0.15) is 9.06 Å². The van der Waals surface area contributed by atoms with Gasteiger partial charge in [-0.1, -0.05) is 11.6 Å². The number of amides is 2. The summed E-state index contributed by atoms with van der Waals surface area (Å²) >= 11 is 7.07. The van der Waals surface area contributed by atoms with Gasteiger partial charge in [-0.05, 0) is 47.9 Å². The zero-order valence-electron chi connectivity index (χ0n) is 19.3. The van der Waals surface area contributed by atoms with Gasteiger partial charge < -0.3 is 23.8 Å². The molecule has 0 saturated carbocycles. The lowest BCUT2D eigenvalue weighted by Gasteiger charge is -2.25. The third-order valence-corrected chi connectivity index (χ3v) is 6.40. The minimum absolute atomic E-state index is 0.0765. The molecular weight excluding hydrogens is 496 g/mol. The van der Waals surface area contributed by atoms with Crippen LogP contribution in [0.3, 0.4) is 0 Å². The van der Waals surface area contributed by atoms with Crippen LogP contribution in [0.15, 0.2) is 41.4 Å². The van der Waals surface area contributed by atoms with E-state index in [1.54, 1.807) is 29.2 Å². The Morgan fingerprint density at radius 1 is 1.03 bits per heavy atom. The lowest BCUT2D eigenvalue weighted by Crippen LogP contribution is -2.42. The topological polar surface area (TPSA) is 104 Å². The standard InChI is InChI=1S/C23H23ClN4O6S/c1-31-17-12-14(13-18(32-2)20(17)33-3)21(29)25-22-19(23(30)27-8-10-34-11-9-27)26-28(35-22)16-6-4-15(24)5-7-16/h4-7,12-13H,8-11H2,1-3H3. The first-order chi connectivity index (χ1) is 16.9. The molecule has 1 aliphatic rings. The number of methoxy groups -OCH3 is 3. The highest BCUT2D eigenvalue weighted by atomic mass is 35.5. The molecule has 0 atom stereocenters. The summed E-state index contributed by atoms with van der Waals surface area (Å²) < 4.78 is 23.0. The average Bonchev–Trinajstić information content (AvgIpc) is 3.31. The molecule has 0 bridgehead atoms. The van der Waals surface area contributed by atoms with Crippen LogP contribution in [-0.4, -0.2) is 73.5 Å². The first-order valence-corrected chi connectivity index (χ1v) is 11.7. The number of carbonyl (C=O) groups excluding carboxylic acids is 2. The van der Waals surface area contributed by atoms with Crippen LogP contribution < -0.4 is 18.9 Å². The maximum atomic E-state index is 13.3. The van der Waals surface area contributed by atoms with E-state index in [9.17, 15) is 9.59 Å². The number of rotatable bonds is 6. The van der Waals surface area contributed by atoms with Gasteiger partial charge in [0.15, 0.2) is 21.9 Å². The number of carbonyl (C=O) groups is 2. The van der Waals surface area contributed by atoms with Crippen molar-refractivity contribution in [1.29, 1.82) is 0 Å². The zero-order valence-corrected chi connectivity index (χ0v) is 20.9. The third-order valence-electron chi connectivity index (χ3n) is 5.23. The highest BCUT2D eigenvalue weighted by Gasteiger charge is 2.25. The molecule has 2 aromatic carbocycles. The summed E-state index contributed by atoms with van der Waals surface area (Å²) in [6, 6.07) is 9.97. The van der Waals surface area contributed by atoms with Crippen LogP contribution in [0.2, 0.25) is 5.02 Å². The molecule has 12 heteroatoms. The first kappa shape index (κ1) is 24.7. The fourth-order valence-electron chi connectivity index (χ4n) is 3.44. The molecule has 2 amide bonds. The Hall–Kier alpha value is -3.41. The smallest absolute Gasteiger partial charge is 0.278 e. The van der Waals surface area contributed by atoms with Crippen LogP contribution in [0.1, 0.15) is 20.8 Å². The van der Waals surface area contributed by atoms with E-state index in [2.05, 4.69) is 10.1 Å². The number of benzene rings is 2. The second-order valence-corrected chi connectivity index (χ2v) is 8.68. The molecule has 0 N–H and O–H groups in total. The summed E-state index contributed by atoms with van der Waals surface area (Å²) in [6.45, 7) is 1.73. The monoisotopic (exact) mass is 518 g/mol. The van der Waals surface area contributed by atoms with Gasteiger partial charge in [0.1, 0.15) is 0 Å². The largest absolute Gasteiger partial charge is 0.493 e. The Kier molecular flexibility index (Phi) is 7.69. The summed E-state index contributed by atoms with van der Waals surface area (Å²) in [5.74, 6) is 0.0695. The van der Waals surface area contributed by atoms with Crippen LogP contribution in [0.25, 0.3) is 5.69 Å². The molecular formula is C23H23ClN4O6S. The van der Waals surface area contributed by atoms with Gasteiger partial charge >= 0.3 is 0 Å². The highest BCUT2D eigenvalue weighted by molar-refractivity contribution is 7.04. The Balaban J connectivity index is 1.79. The van der Waals surface area contributed by atoms with Crippen molar-refractivity contribution in [3.63, 3.8) is 0 Å². The van der Waals surface area contributed by atoms with Crippen molar-refractivity contribution < 1.29 is 28.5 Å². The molecule has 2 heterocycles. The summed E-state index contributed by atoms with van der Waals surface area (Å²) in [7, 11) is 4.39. The van der Waals surface area contributed by atoms with E-state index in [0.717, 1.165) is 11.5 Å². The predicted molar refractivity (Wildman–Crippen MR) is 129 cm³/mol. The number of aromatic nitrogens is 2. The van der Waals surface area contributed by atoms with Gasteiger partial charge in [0.05, 0.1) is 40.2 Å². The second-order valence-electron chi connectivity index (χ2n) is 7.33. The molecule has 0 radical (unpaired) electrons. The summed E-state index contributed by atoms with van der Waals surface area (Å²) in [5, 5.41) is 5.04. The molecule has 0 unspecified atom stereocenters. The SMILES string of the molecule is COc1cc(C(=O)N=c2sn(-c3ccc(Cl)cc3)nc2C(=O)N2CCOCC2)cc(OC)c1OC. The van der Waals surface area contributed by atoms with E-state index in [-0.39, 0.29) is 21.8 Å². The zero-order chi connectivity index (χ0) is 24.9. The van der Waals surface area contributed by atoms with E-state index >= 15 is 0 Å². The fourth-order valence-corrected chi connectivity index (χ4v) is 4.42. The molecule has 0 aliphatic carbocycles. The van der Waals surface area contributed by atoms with Crippen molar-refractivity contribution >= 4 is 34.9 Å². The van der Waals surface area contributed by atoms with Crippen molar-refractivity contribution in [2.24, 2.45) is 4.99 Å². The molecule has 10 nitrogen and oxygen atoms in total. The van der Waals surface area contributed by atoms with E-state index < -0.39 is 5.91 Å². The van der Waals surface area contributed by atoms with E-state index in [1.807, 2.05) is 0 Å². The number of ether oxygens (including phenoxy) is 4. The maximum absolute atomic E-state index is 13.3. The summed E-state index contributed by atoms with van der Waals surface area (Å²) in [5.41, 5.74) is 0.959. The van der Waals surface area contributed by atoms with Crippen molar-refractivity contribution in [3.8, 4) is 22.9 Å². The van der Waals surface area contributed by atoms with E-state index in [0.29, 0.717) is 54.3 Å². The first-order valence-electron chi connectivity index (χ1n) is 10.6. The molecule has 1 aliphatic heterocycles. The average molecular weight is 519 g/mol. The van der Waals surface area contributed by atoms with E-state index in [1.165, 1.54) is 37.5 Å². The minimum atomic E-state index is -0.591. The van der Waals surface area contributed by atoms with Gasteiger partial charge in [0.25, 0.3) is 11.8 Å².